The highest BCUT2D eigenvalue weighted by Gasteiger charge is 2.22. The number of benzene rings is 2. The summed E-state index contributed by atoms with van der Waals surface area (Å²) in [6.45, 7) is 0. The predicted octanol–water partition coefficient (Wildman–Crippen LogP) is 6.92. The van der Waals surface area contributed by atoms with Gasteiger partial charge in [-0.15, -0.1) is 0 Å². The summed E-state index contributed by atoms with van der Waals surface area (Å²) in [7, 11) is 0. The van der Waals surface area contributed by atoms with Crippen LogP contribution in [0.3, 0.4) is 0 Å². The third-order valence-electron chi connectivity index (χ3n) is 2.37. The van der Waals surface area contributed by atoms with E-state index in [1.165, 1.54) is 0 Å². The maximum atomic E-state index is 6.21. The van der Waals surface area contributed by atoms with Gasteiger partial charge >= 0.3 is 0 Å². The van der Waals surface area contributed by atoms with Crippen molar-refractivity contribution >= 4 is 69.9 Å². The van der Waals surface area contributed by atoms with E-state index in [0.29, 0.717) is 20.1 Å². The summed E-state index contributed by atoms with van der Waals surface area (Å²) < 4.78 is 0. The van der Waals surface area contributed by atoms with Gasteiger partial charge in [0, 0.05) is 29.6 Å². The summed E-state index contributed by atoms with van der Waals surface area (Å²) >= 11 is 27.6. The SMILES string of the molecule is Clc1cc(Cl)c2c(c1)Sc1cc(Cl)cc(Cl)c1S2. The minimum Gasteiger partial charge on any atom is -0.0875 e. The average Bonchev–Trinajstić information content (AvgIpc) is 2.26. The van der Waals surface area contributed by atoms with Gasteiger partial charge in [0.05, 0.1) is 10.0 Å². The maximum absolute atomic E-state index is 6.21. The smallest absolute Gasteiger partial charge is 0.0571 e. The van der Waals surface area contributed by atoms with Crippen molar-refractivity contribution in [2.45, 2.75) is 19.6 Å². The highest BCUT2D eigenvalue weighted by molar-refractivity contribution is 8.05. The number of fused-ring (bicyclic) bond motifs is 2. The van der Waals surface area contributed by atoms with Gasteiger partial charge in [-0.3, -0.25) is 0 Å². The Hall–Kier alpha value is 0.300. The molecule has 0 saturated heterocycles. The summed E-state index contributed by atoms with van der Waals surface area (Å²) in [5.41, 5.74) is 0. The van der Waals surface area contributed by atoms with E-state index >= 15 is 0 Å². The molecule has 0 saturated carbocycles. The van der Waals surface area contributed by atoms with Crippen molar-refractivity contribution in [1.82, 2.24) is 0 Å². The minimum absolute atomic E-state index is 0.628. The molecule has 0 bridgehead atoms. The lowest BCUT2D eigenvalue weighted by Crippen LogP contribution is -1.91. The van der Waals surface area contributed by atoms with Crippen LogP contribution >= 0.6 is 69.9 Å². The summed E-state index contributed by atoms with van der Waals surface area (Å²) in [4.78, 5) is 4.04. The summed E-state index contributed by atoms with van der Waals surface area (Å²) in [5, 5.41) is 2.55. The lowest BCUT2D eigenvalue weighted by molar-refractivity contribution is 1.16. The molecule has 92 valence electrons. The lowest BCUT2D eigenvalue weighted by atomic mass is 10.3. The fraction of sp³-hybridized carbons (Fsp3) is 0. The molecular formula is C12H4Cl4S2. The van der Waals surface area contributed by atoms with Crippen LogP contribution in [0.4, 0.5) is 0 Å². The Morgan fingerprint density at radius 3 is 1.50 bits per heavy atom. The van der Waals surface area contributed by atoms with Crippen molar-refractivity contribution in [2.24, 2.45) is 0 Å². The van der Waals surface area contributed by atoms with E-state index in [-0.39, 0.29) is 0 Å². The van der Waals surface area contributed by atoms with Crippen LogP contribution in [0.15, 0.2) is 43.8 Å². The predicted molar refractivity (Wildman–Crippen MR) is 81.2 cm³/mol. The van der Waals surface area contributed by atoms with Crippen LogP contribution in [0.25, 0.3) is 0 Å². The largest absolute Gasteiger partial charge is 0.0875 e. The average molecular weight is 354 g/mol. The van der Waals surface area contributed by atoms with Gasteiger partial charge in [0.15, 0.2) is 0 Å². The Morgan fingerprint density at radius 2 is 1.06 bits per heavy atom. The van der Waals surface area contributed by atoms with Crippen molar-refractivity contribution in [3.05, 3.63) is 44.4 Å². The summed E-state index contributed by atoms with van der Waals surface area (Å²) in [5.74, 6) is 0. The van der Waals surface area contributed by atoms with E-state index in [4.69, 9.17) is 46.4 Å². The molecule has 0 atom stereocenters. The van der Waals surface area contributed by atoms with Crippen LogP contribution in [0.1, 0.15) is 0 Å². The van der Waals surface area contributed by atoms with E-state index < -0.39 is 0 Å². The van der Waals surface area contributed by atoms with Crippen LogP contribution in [-0.2, 0) is 0 Å². The normalized spacial score (nSPS) is 13.1. The van der Waals surface area contributed by atoms with Gasteiger partial charge in [-0.05, 0) is 24.3 Å². The summed E-state index contributed by atoms with van der Waals surface area (Å²) in [6.07, 6.45) is 0. The Balaban J connectivity index is 2.18. The van der Waals surface area contributed by atoms with Gasteiger partial charge in [0.1, 0.15) is 0 Å². The first-order valence-electron chi connectivity index (χ1n) is 4.88. The topological polar surface area (TPSA) is 0 Å². The van der Waals surface area contributed by atoms with Gasteiger partial charge in [-0.25, -0.2) is 0 Å². The molecular weight excluding hydrogens is 350 g/mol. The maximum Gasteiger partial charge on any atom is 0.0571 e. The second kappa shape index (κ2) is 5.01. The van der Waals surface area contributed by atoms with Crippen LogP contribution in [0, 0.1) is 0 Å². The lowest BCUT2D eigenvalue weighted by Gasteiger charge is -2.20. The first-order chi connectivity index (χ1) is 8.54. The van der Waals surface area contributed by atoms with E-state index in [0.717, 1.165) is 19.6 Å². The van der Waals surface area contributed by atoms with Gasteiger partial charge in [0.2, 0.25) is 0 Å². The van der Waals surface area contributed by atoms with Gasteiger partial charge in [-0.2, -0.15) is 0 Å². The quantitative estimate of drug-likeness (QED) is 0.430. The van der Waals surface area contributed by atoms with Gasteiger partial charge in [-0.1, -0.05) is 69.9 Å². The molecule has 1 aliphatic heterocycles. The zero-order valence-corrected chi connectivity index (χ0v) is 13.3. The summed E-state index contributed by atoms with van der Waals surface area (Å²) in [6, 6.07) is 7.28. The molecule has 0 amide bonds. The minimum atomic E-state index is 0.628. The number of hydrogen-bond donors (Lipinski definition) is 0. The molecule has 2 aromatic carbocycles. The zero-order valence-electron chi connectivity index (χ0n) is 8.64. The molecule has 1 heterocycles. The molecule has 1 aliphatic rings. The Kier molecular flexibility index (Phi) is 3.70. The molecule has 0 unspecified atom stereocenters. The molecule has 2 aromatic rings. The first-order valence-corrected chi connectivity index (χ1v) is 8.03. The van der Waals surface area contributed by atoms with E-state index in [2.05, 4.69) is 0 Å². The Morgan fingerprint density at radius 1 is 0.611 bits per heavy atom. The first kappa shape index (κ1) is 13.3. The molecule has 0 fully saturated rings. The number of rotatable bonds is 0. The fourth-order valence-corrected chi connectivity index (χ4v) is 5.45. The zero-order chi connectivity index (χ0) is 12.9. The highest BCUT2D eigenvalue weighted by atomic mass is 35.5. The fourth-order valence-electron chi connectivity index (χ4n) is 1.64. The van der Waals surface area contributed by atoms with Crippen molar-refractivity contribution in [2.75, 3.05) is 0 Å². The second-order valence-electron chi connectivity index (χ2n) is 3.63. The van der Waals surface area contributed by atoms with Crippen LogP contribution in [-0.4, -0.2) is 0 Å². The third kappa shape index (κ3) is 2.35. The van der Waals surface area contributed by atoms with Crippen molar-refractivity contribution < 1.29 is 0 Å². The molecule has 18 heavy (non-hydrogen) atoms. The van der Waals surface area contributed by atoms with E-state index in [1.807, 2.05) is 12.1 Å². The van der Waals surface area contributed by atoms with E-state index in [9.17, 15) is 0 Å². The van der Waals surface area contributed by atoms with Crippen LogP contribution in [0.5, 0.6) is 0 Å². The molecule has 0 N–H and O–H groups in total. The Bertz CT molecular complexity index is 600. The monoisotopic (exact) mass is 352 g/mol. The van der Waals surface area contributed by atoms with Crippen LogP contribution < -0.4 is 0 Å². The molecule has 0 nitrogen and oxygen atoms in total. The van der Waals surface area contributed by atoms with Crippen LogP contribution in [0.2, 0.25) is 20.1 Å². The molecule has 0 radical (unpaired) electrons. The molecule has 0 aromatic heterocycles. The second-order valence-corrected chi connectivity index (χ2v) is 7.43. The van der Waals surface area contributed by atoms with Gasteiger partial charge in [0.25, 0.3) is 0 Å². The Labute approximate surface area is 133 Å². The molecule has 6 heteroatoms. The van der Waals surface area contributed by atoms with Crippen molar-refractivity contribution in [3.8, 4) is 0 Å². The molecule has 0 aliphatic carbocycles. The molecule has 3 rings (SSSR count). The van der Waals surface area contributed by atoms with Gasteiger partial charge < -0.3 is 0 Å². The number of halogens is 4. The van der Waals surface area contributed by atoms with E-state index in [1.54, 1.807) is 35.7 Å². The third-order valence-corrected chi connectivity index (χ3v) is 6.26. The van der Waals surface area contributed by atoms with Crippen molar-refractivity contribution in [3.63, 3.8) is 0 Å². The van der Waals surface area contributed by atoms with Crippen molar-refractivity contribution in [1.29, 1.82) is 0 Å². The standard InChI is InChI=1S/C12H4Cl4S2/c13-5-1-7(15)11-9(3-5)17-10-4-6(14)2-8(16)12(10)18-11/h1-4H. The molecule has 0 spiro atoms. The number of hydrogen-bond acceptors (Lipinski definition) is 2. The highest BCUT2D eigenvalue weighted by Crippen LogP contribution is 2.54.